The minimum atomic E-state index is -3.60. The van der Waals surface area contributed by atoms with Crippen molar-refractivity contribution in [3.63, 3.8) is 0 Å². The van der Waals surface area contributed by atoms with E-state index in [0.717, 1.165) is 152 Å². The van der Waals surface area contributed by atoms with Gasteiger partial charge in [0.1, 0.15) is 60.4 Å². The minimum absolute atomic E-state index is 0. The van der Waals surface area contributed by atoms with E-state index in [2.05, 4.69) is 161 Å². The number of aromatic nitrogens is 16. The molecular weight excluding hydrogens is 1980 g/mol. The van der Waals surface area contributed by atoms with Gasteiger partial charge in [0, 0.05) is 67.6 Å². The number of imidazole rings is 4. The lowest BCUT2D eigenvalue weighted by atomic mass is 10.0. The lowest BCUT2D eigenvalue weighted by Crippen LogP contribution is -2.18. The highest BCUT2D eigenvalue weighted by atomic mass is 36.0. The highest BCUT2D eigenvalue weighted by Crippen LogP contribution is 2.61. The van der Waals surface area contributed by atoms with Gasteiger partial charge in [0.15, 0.2) is 37.5 Å². The molecule has 0 atom stereocenters. The molecule has 0 aliphatic carbocycles. The van der Waals surface area contributed by atoms with E-state index in [9.17, 15) is 22.6 Å². The molecule has 8 aromatic rings. The van der Waals surface area contributed by atoms with Crippen molar-refractivity contribution >= 4 is 187 Å². The van der Waals surface area contributed by atoms with E-state index in [0.29, 0.717) is 69.7 Å². The summed E-state index contributed by atoms with van der Waals surface area (Å²) in [6.45, 7) is 27.8. The van der Waals surface area contributed by atoms with Crippen LogP contribution in [0.3, 0.4) is 0 Å². The first-order chi connectivity index (χ1) is 65.6. The van der Waals surface area contributed by atoms with E-state index < -0.39 is 26.3 Å². The largest absolute Gasteiger partial charge is 0.481 e. The van der Waals surface area contributed by atoms with Gasteiger partial charge in [-0.2, -0.15) is 30.5 Å². The Labute approximate surface area is 875 Å². The van der Waals surface area contributed by atoms with Crippen molar-refractivity contribution < 1.29 is 27.7 Å². The monoisotopic (exact) mass is 2150 g/mol. The van der Waals surface area contributed by atoms with Crippen molar-refractivity contribution in [1.82, 2.24) is 78.1 Å². The van der Waals surface area contributed by atoms with E-state index in [-0.39, 0.29) is 39.5 Å². The van der Waals surface area contributed by atoms with Crippen molar-refractivity contribution in [3.8, 4) is 12.1 Å². The second-order valence-electron chi connectivity index (χ2n) is 37.2. The number of amides is 1. The average Bonchev–Trinajstić information content (AvgIpc) is 1.59. The lowest BCUT2D eigenvalue weighted by molar-refractivity contribution is -0.137. The Morgan fingerprint density at radius 1 is 0.341 bits per heavy atom. The number of hydrogen-bond donors (Lipinski definition) is 2. The van der Waals surface area contributed by atoms with Crippen molar-refractivity contribution in [2.75, 3.05) is 0 Å². The van der Waals surface area contributed by atoms with Crippen LogP contribution in [-0.4, -0.2) is 124 Å². The molecule has 0 aliphatic rings. The van der Waals surface area contributed by atoms with Crippen LogP contribution in [0.1, 0.15) is 446 Å². The molecule has 0 fully saturated rings. The van der Waals surface area contributed by atoms with E-state index in [1.807, 2.05) is 32.3 Å². The molecule has 138 heavy (non-hydrogen) atoms. The predicted molar refractivity (Wildman–Crippen MR) is 584 cm³/mol. The van der Waals surface area contributed by atoms with Crippen molar-refractivity contribution in [1.29, 1.82) is 10.5 Å². The topological polar surface area (TPSA) is 354 Å². The third kappa shape index (κ3) is 55.1. The van der Waals surface area contributed by atoms with Gasteiger partial charge in [0.05, 0.1) is 17.4 Å². The number of thioether (sulfide) groups is 3. The van der Waals surface area contributed by atoms with Gasteiger partial charge < -0.3 is 29.1 Å². The highest BCUT2D eigenvalue weighted by molar-refractivity contribution is 8.24. The van der Waals surface area contributed by atoms with Crippen molar-refractivity contribution in [2.45, 2.75) is 517 Å². The first-order valence-corrected chi connectivity index (χ1v) is 61.5. The number of carbonyl (C=O) groups is 2. The number of carboxylic acids is 1. The van der Waals surface area contributed by atoms with Crippen LogP contribution in [0.25, 0.3) is 44.7 Å². The first-order valence-electron chi connectivity index (χ1n) is 51.4. The van der Waals surface area contributed by atoms with Gasteiger partial charge in [-0.15, -0.1) is 35.3 Å². The molecule has 8 heterocycles. The summed E-state index contributed by atoms with van der Waals surface area (Å²) in [4.78, 5) is 74.2. The van der Waals surface area contributed by atoms with Crippen LogP contribution in [0.5, 0.6) is 0 Å². The molecule has 0 aromatic carbocycles. The van der Waals surface area contributed by atoms with Gasteiger partial charge in [-0.3, -0.25) is 14.2 Å². The molecular formula is C101H167Cl7N19O6PS4. The molecule has 8 aromatic heterocycles. The van der Waals surface area contributed by atoms with Crippen LogP contribution in [-0.2, 0) is 50.2 Å². The molecule has 0 unspecified atom stereocenters. The third-order valence-electron chi connectivity index (χ3n) is 23.8. The standard InChI is InChI=1S/C25H40ClN5O2S.C25H42ClN5OS.C25H40ClN5S.C25H41ClN4O2S.CH4.Cl3OP/c1-20(2)34(32,33)24-22-23(29-25(26)30-24)28-21(3)31(22)19-17-15-13-11-9-7-5-4-6-8-10-12-14-16-18-27;1-19(2)33-24-22-23(29-25(26)30-24)28-20(3)31(22)18-16-14-12-10-8-6-4-5-7-9-11-13-15-17-21(27)32;1-20(2)32-24-22-23(29-25(26)30-24)28-21(3)31(22)19-17-15-13-11-9-7-5-4-6-8-10-12-14-16-18-27;1-19(2)33-24-22-23(28-25(26)29-24)27-20(3)30(22)18-16-14-12-10-8-6-4-5-7-9-11-13-15-17-21(31)32;;1-5(2,3)4/h20H,4-17,19H2,1-3H3;19H,4-18H2,1-3H3,(H2,27,32);20H,4-17,19H2,1-3H3;19H,4-18H2,1-3H3,(H,31,32);1H4;. The number of aryl methyl sites for hydroxylation is 8. The summed E-state index contributed by atoms with van der Waals surface area (Å²) >= 11 is 43.4. The number of nitriles is 2. The molecule has 1 amide bonds. The Morgan fingerprint density at radius 2 is 0.536 bits per heavy atom. The smallest absolute Gasteiger partial charge is 0.339 e. The summed E-state index contributed by atoms with van der Waals surface area (Å²) in [6.07, 6.45) is 67.1. The van der Waals surface area contributed by atoms with Crippen LogP contribution in [0.4, 0.5) is 0 Å². The average molecular weight is 2150 g/mol. The number of nitrogens with two attached hydrogens (primary N) is 1. The van der Waals surface area contributed by atoms with Crippen LogP contribution < -0.4 is 5.73 Å². The number of carbonyl (C=O) groups excluding carboxylic acids is 1. The van der Waals surface area contributed by atoms with Gasteiger partial charge >= 0.3 is 11.2 Å². The maximum absolute atomic E-state index is 12.9. The molecule has 0 aliphatic heterocycles. The third-order valence-corrected chi connectivity index (χ3v) is 29.5. The Balaban J connectivity index is 0.000000464. The summed E-state index contributed by atoms with van der Waals surface area (Å²) in [6, 6.07) is 4.43. The molecule has 0 saturated carbocycles. The van der Waals surface area contributed by atoms with Gasteiger partial charge in [-0.1, -0.05) is 331 Å². The Morgan fingerprint density at radius 3 is 0.746 bits per heavy atom. The fourth-order valence-electron chi connectivity index (χ4n) is 16.6. The van der Waals surface area contributed by atoms with Gasteiger partial charge in [0.2, 0.25) is 27.0 Å². The van der Waals surface area contributed by atoms with E-state index in [4.69, 9.17) is 67.8 Å². The number of rotatable bonds is 70. The van der Waals surface area contributed by atoms with Gasteiger partial charge in [-0.05, 0) is 173 Å². The highest BCUT2D eigenvalue weighted by Gasteiger charge is 2.29. The Hall–Kier alpha value is -4.62. The molecule has 8 rings (SSSR count). The molecule has 3 N–H and O–H groups in total. The molecule has 0 saturated heterocycles. The van der Waals surface area contributed by atoms with Gasteiger partial charge in [-0.25, -0.2) is 48.3 Å². The maximum Gasteiger partial charge on any atom is 0.339 e. The van der Waals surface area contributed by atoms with E-state index >= 15 is 0 Å². The second kappa shape index (κ2) is 75.1. The zero-order valence-corrected chi connectivity index (χ0v) is 94.0. The van der Waals surface area contributed by atoms with E-state index in [1.54, 1.807) is 49.1 Å². The summed E-state index contributed by atoms with van der Waals surface area (Å²) in [7, 11) is -3.60. The molecule has 37 heteroatoms. The number of unbranched alkanes of at least 4 members (excludes halogenated alkanes) is 50. The van der Waals surface area contributed by atoms with E-state index in [1.165, 1.54) is 263 Å². The Bertz CT molecular complexity index is 4830. The summed E-state index contributed by atoms with van der Waals surface area (Å²) in [5, 5.41) is 26.7. The number of fused-ring (bicyclic) bond motifs is 4. The molecule has 0 bridgehead atoms. The quantitative estimate of drug-likeness (QED) is 0.0118. The molecule has 780 valence electrons. The summed E-state index contributed by atoms with van der Waals surface area (Å²) < 4.78 is 44.0. The fraction of sp³-hybridized carbons (Fsp3) is 0.762. The molecule has 0 radical (unpaired) electrons. The summed E-state index contributed by atoms with van der Waals surface area (Å²) in [5.41, 5.74) is 11.2. The number of sulfone groups is 1. The van der Waals surface area contributed by atoms with Crippen molar-refractivity contribution in [3.05, 3.63) is 44.4 Å². The molecule has 0 spiro atoms. The minimum Gasteiger partial charge on any atom is -0.481 e. The SMILES string of the molecule is C.Cc1nc2nc(Cl)nc(S(=O)(=O)C(C)C)c2n1CCCCCCCCCCCCCCCC#N.Cc1nc2nc(Cl)nc(SC(C)C)c2n1CCCCCCCCCCCCCCCC#N.Cc1nc2nc(Cl)nc(SC(C)C)c2n1CCCCCCCCCCCCCCCC(=O)O.Cc1nc2nc(Cl)nc(SC(C)C)c2n1CCCCCCCCCCCCCCCC(N)=O.O=P(Cl)(Cl)Cl. The van der Waals surface area contributed by atoms with Gasteiger partial charge in [0.25, 0.3) is 0 Å². The zero-order chi connectivity index (χ0) is 101. The first kappa shape index (κ1) is 128. The number of carboxylic acid groups (broad SMARTS) is 1. The fourth-order valence-corrected chi connectivity index (χ4v) is 21.3. The van der Waals surface area contributed by atoms with Crippen LogP contribution in [0.15, 0.2) is 20.1 Å². The van der Waals surface area contributed by atoms with Crippen LogP contribution in [0.2, 0.25) is 21.1 Å². The maximum atomic E-state index is 12.9. The van der Waals surface area contributed by atoms with Crippen LogP contribution >= 0.6 is 121 Å². The second-order valence-corrected chi connectivity index (χ2v) is 52.3. The number of hydrogen-bond acceptors (Lipinski definition) is 22. The number of halogens is 7. The predicted octanol–water partition coefficient (Wildman–Crippen LogP) is 33.7. The molecule has 25 nitrogen and oxygen atoms in total. The number of primary amides is 1. The number of aliphatic carboxylic acids is 1. The lowest BCUT2D eigenvalue weighted by Gasteiger charge is -2.12. The summed E-state index contributed by atoms with van der Waals surface area (Å²) in [5.74, 6) is 2.85. The zero-order valence-electron chi connectivity index (χ0n) is 84.6. The van der Waals surface area contributed by atoms with Crippen LogP contribution in [0, 0.1) is 50.4 Å². The van der Waals surface area contributed by atoms with Crippen molar-refractivity contribution in [2.24, 2.45) is 5.73 Å². The number of nitrogens with zero attached hydrogens (tertiary/aromatic N) is 18. The Kier molecular flexibility index (Phi) is 69.4. The normalized spacial score (nSPS) is 11.6.